The minimum atomic E-state index is -0.619. The van der Waals surface area contributed by atoms with Gasteiger partial charge in [-0.2, -0.15) is 0 Å². The van der Waals surface area contributed by atoms with E-state index in [-0.39, 0.29) is 33.0 Å². The van der Waals surface area contributed by atoms with Crippen LogP contribution in [0.2, 0.25) is 0 Å². The van der Waals surface area contributed by atoms with E-state index in [4.69, 9.17) is 17.0 Å². The molecule has 1 aromatic heterocycles. The van der Waals surface area contributed by atoms with E-state index in [9.17, 15) is 14.7 Å². The fourth-order valence-electron chi connectivity index (χ4n) is 4.20. The zero-order valence-electron chi connectivity index (χ0n) is 16.1. The summed E-state index contributed by atoms with van der Waals surface area (Å²) in [5.41, 5.74) is 1.82. The first-order valence-corrected chi connectivity index (χ1v) is 10.3. The van der Waals surface area contributed by atoms with Crippen molar-refractivity contribution in [2.24, 2.45) is 5.41 Å². The molecule has 1 atom stereocenters. The van der Waals surface area contributed by atoms with Crippen LogP contribution < -0.4 is 15.6 Å². The zero-order valence-corrected chi connectivity index (χ0v) is 18.5. The summed E-state index contributed by atoms with van der Waals surface area (Å²) in [6.07, 6.45) is 1.05. The Morgan fingerprint density at radius 2 is 1.97 bits per heavy atom. The van der Waals surface area contributed by atoms with Crippen molar-refractivity contribution >= 4 is 39.7 Å². The number of phenols is 1. The van der Waals surface area contributed by atoms with Gasteiger partial charge in [-0.3, -0.25) is 14.6 Å². The van der Waals surface area contributed by atoms with Crippen LogP contribution in [0.15, 0.2) is 32.7 Å². The Hall–Kier alpha value is -2.39. The van der Waals surface area contributed by atoms with Crippen LogP contribution in [0.3, 0.4) is 0 Å². The monoisotopic (exact) mass is 477 g/mol. The van der Waals surface area contributed by atoms with E-state index < -0.39 is 5.92 Å². The summed E-state index contributed by atoms with van der Waals surface area (Å²) in [6, 6.07) is 3.36. The quantitative estimate of drug-likeness (QED) is 0.484. The van der Waals surface area contributed by atoms with Gasteiger partial charge in [0.15, 0.2) is 22.1 Å². The van der Waals surface area contributed by atoms with Crippen LogP contribution in [0.5, 0.6) is 11.5 Å². The zero-order chi connectivity index (χ0) is 21.1. The van der Waals surface area contributed by atoms with Crippen molar-refractivity contribution in [3.05, 3.63) is 54.1 Å². The highest BCUT2D eigenvalue weighted by Crippen LogP contribution is 2.49. The molecule has 0 spiro atoms. The molecule has 2 aliphatic rings. The van der Waals surface area contributed by atoms with Crippen LogP contribution in [0.25, 0.3) is 0 Å². The molecule has 0 amide bonds. The Bertz CT molecular complexity index is 1200. The molecule has 29 heavy (non-hydrogen) atoms. The van der Waals surface area contributed by atoms with Crippen molar-refractivity contribution in [1.82, 2.24) is 9.97 Å². The fraction of sp³-hybridized carbons (Fsp3) is 0.350. The standard InChI is InChI=1S/C20H20BrN3O4S/c1-20(2)6-10-14(11(25)7-20)13(8-4-9(21)16(26)12(5-8)28-3)15-17(22-10)23-19(29)24-18(15)27/h4-5,13,26H,6-7H2,1-3H3,(H3,22,23,24,27,29)/t13-/m0/s1. The summed E-state index contributed by atoms with van der Waals surface area (Å²) in [5.74, 6) is 0.0596. The summed E-state index contributed by atoms with van der Waals surface area (Å²) in [7, 11) is 1.45. The normalized spacial score (nSPS) is 20.0. The molecular formula is C20H20BrN3O4S. The van der Waals surface area contributed by atoms with Gasteiger partial charge in [0.2, 0.25) is 0 Å². The number of Topliss-reactive ketones (excluding diaryl/α,β-unsaturated/α-hetero) is 1. The van der Waals surface area contributed by atoms with Gasteiger partial charge in [-0.1, -0.05) is 13.8 Å². The number of fused-ring (bicyclic) bond motifs is 1. The molecule has 1 aromatic carbocycles. The number of ketones is 1. The number of phenolic OH excluding ortho intramolecular Hbond substituents is 1. The van der Waals surface area contributed by atoms with Crippen LogP contribution in [0.4, 0.5) is 5.82 Å². The first-order valence-electron chi connectivity index (χ1n) is 9.07. The number of hydrogen-bond donors (Lipinski definition) is 4. The molecule has 4 rings (SSSR count). The third kappa shape index (κ3) is 3.32. The number of benzene rings is 1. The SMILES string of the molecule is COc1cc([C@H]2C3=C(CC(C)(C)CC3=O)Nc3[nH]c(=S)[nH]c(=O)c32)cc(Br)c1O. The third-order valence-corrected chi connectivity index (χ3v) is 6.17. The number of aromatic hydroxyl groups is 1. The molecule has 2 heterocycles. The number of ether oxygens (including phenoxy) is 1. The van der Waals surface area contributed by atoms with E-state index in [1.165, 1.54) is 7.11 Å². The number of aromatic amines is 2. The van der Waals surface area contributed by atoms with Crippen LogP contribution in [-0.2, 0) is 4.79 Å². The summed E-state index contributed by atoms with van der Waals surface area (Å²) >= 11 is 8.48. The summed E-state index contributed by atoms with van der Waals surface area (Å²) in [4.78, 5) is 31.7. The van der Waals surface area contributed by atoms with Crippen molar-refractivity contribution in [2.75, 3.05) is 12.4 Å². The molecular weight excluding hydrogens is 458 g/mol. The van der Waals surface area contributed by atoms with Gasteiger partial charge in [0, 0.05) is 23.6 Å². The number of carbonyl (C=O) groups is 1. The molecule has 0 saturated heterocycles. The van der Waals surface area contributed by atoms with Crippen LogP contribution in [0, 0.1) is 10.2 Å². The van der Waals surface area contributed by atoms with Gasteiger partial charge in [-0.15, -0.1) is 0 Å². The first kappa shape index (κ1) is 19.9. The number of rotatable bonds is 2. The predicted molar refractivity (Wildman–Crippen MR) is 115 cm³/mol. The minimum absolute atomic E-state index is 0.00980. The lowest BCUT2D eigenvalue weighted by Gasteiger charge is -2.38. The lowest BCUT2D eigenvalue weighted by Crippen LogP contribution is -2.36. The lowest BCUT2D eigenvalue weighted by molar-refractivity contribution is -0.118. The van der Waals surface area contributed by atoms with Gasteiger partial charge < -0.3 is 20.1 Å². The smallest absolute Gasteiger partial charge is 0.257 e. The Morgan fingerprint density at radius 1 is 1.24 bits per heavy atom. The molecule has 0 bridgehead atoms. The maximum atomic E-state index is 13.2. The van der Waals surface area contributed by atoms with Crippen molar-refractivity contribution in [1.29, 1.82) is 0 Å². The minimum Gasteiger partial charge on any atom is -0.503 e. The van der Waals surface area contributed by atoms with Gasteiger partial charge >= 0.3 is 0 Å². The van der Waals surface area contributed by atoms with Gasteiger partial charge in [0.05, 0.1) is 17.1 Å². The topological polar surface area (TPSA) is 107 Å². The maximum Gasteiger partial charge on any atom is 0.257 e. The molecule has 0 radical (unpaired) electrons. The highest BCUT2D eigenvalue weighted by atomic mass is 79.9. The van der Waals surface area contributed by atoms with E-state index >= 15 is 0 Å². The lowest BCUT2D eigenvalue weighted by atomic mass is 9.69. The summed E-state index contributed by atoms with van der Waals surface area (Å²) in [5, 5.41) is 13.5. The number of nitrogens with one attached hydrogen (secondary N) is 3. The van der Waals surface area contributed by atoms with Crippen molar-refractivity contribution < 1.29 is 14.6 Å². The van der Waals surface area contributed by atoms with E-state index in [2.05, 4.69) is 31.2 Å². The second-order valence-electron chi connectivity index (χ2n) is 8.14. The van der Waals surface area contributed by atoms with Crippen molar-refractivity contribution in [3.63, 3.8) is 0 Å². The number of hydrogen-bond acceptors (Lipinski definition) is 6. The molecule has 152 valence electrons. The Morgan fingerprint density at radius 3 is 2.66 bits per heavy atom. The van der Waals surface area contributed by atoms with Crippen molar-refractivity contribution in [2.45, 2.75) is 32.6 Å². The van der Waals surface area contributed by atoms with Crippen LogP contribution in [0.1, 0.15) is 43.7 Å². The largest absolute Gasteiger partial charge is 0.503 e. The Labute approximate surface area is 180 Å². The van der Waals surface area contributed by atoms with Gasteiger partial charge in [-0.05, 0) is 57.7 Å². The van der Waals surface area contributed by atoms with Crippen LogP contribution >= 0.6 is 28.1 Å². The first-order chi connectivity index (χ1) is 13.6. The number of aromatic nitrogens is 2. The predicted octanol–water partition coefficient (Wildman–Crippen LogP) is 4.11. The number of carbonyl (C=O) groups excluding carboxylic acids is 1. The highest BCUT2D eigenvalue weighted by molar-refractivity contribution is 9.10. The molecule has 0 saturated carbocycles. The molecule has 0 unspecified atom stereocenters. The molecule has 9 heteroatoms. The number of halogens is 1. The van der Waals surface area contributed by atoms with Gasteiger partial charge in [-0.25, -0.2) is 0 Å². The second kappa shape index (κ2) is 6.84. The number of allylic oxidation sites excluding steroid dienone is 2. The van der Waals surface area contributed by atoms with Crippen LogP contribution in [-0.4, -0.2) is 28.0 Å². The maximum absolute atomic E-state index is 13.2. The summed E-state index contributed by atoms with van der Waals surface area (Å²) < 4.78 is 5.90. The average molecular weight is 478 g/mol. The Kier molecular flexibility index (Phi) is 4.70. The molecule has 1 aliphatic heterocycles. The molecule has 0 fully saturated rings. The molecule has 7 nitrogen and oxygen atoms in total. The Balaban J connectivity index is 2.04. The fourth-order valence-corrected chi connectivity index (χ4v) is 4.85. The number of methoxy groups -OCH3 is 1. The van der Waals surface area contributed by atoms with E-state index in [0.29, 0.717) is 39.8 Å². The van der Waals surface area contributed by atoms with Gasteiger partial charge in [0.1, 0.15) is 5.82 Å². The number of H-pyrrole nitrogens is 2. The van der Waals surface area contributed by atoms with E-state index in [1.54, 1.807) is 12.1 Å². The second-order valence-corrected chi connectivity index (χ2v) is 9.40. The summed E-state index contributed by atoms with van der Waals surface area (Å²) in [6.45, 7) is 4.09. The third-order valence-electron chi connectivity index (χ3n) is 5.36. The molecule has 4 N–H and O–H groups in total. The molecule has 1 aliphatic carbocycles. The number of anilines is 1. The average Bonchev–Trinajstić information content (AvgIpc) is 2.60. The van der Waals surface area contributed by atoms with E-state index in [1.807, 2.05) is 13.8 Å². The van der Waals surface area contributed by atoms with Gasteiger partial charge in [0.25, 0.3) is 5.56 Å². The van der Waals surface area contributed by atoms with E-state index in [0.717, 1.165) is 5.70 Å². The highest BCUT2D eigenvalue weighted by Gasteiger charge is 2.42. The molecule has 2 aromatic rings. The van der Waals surface area contributed by atoms with Crippen molar-refractivity contribution in [3.8, 4) is 11.5 Å².